The summed E-state index contributed by atoms with van der Waals surface area (Å²) < 4.78 is 10.6. The fraction of sp³-hybridized carbons (Fsp3) is 0.290. The van der Waals surface area contributed by atoms with Crippen LogP contribution in [0.4, 0.5) is 11.4 Å². The molecule has 1 unspecified atom stereocenters. The number of amides is 2. The Morgan fingerprint density at radius 1 is 0.800 bits per heavy atom. The molecule has 3 aromatic carbocycles. The number of piperazine rings is 1. The summed E-state index contributed by atoms with van der Waals surface area (Å²) in [6.45, 7) is 4.92. The van der Waals surface area contributed by atoms with Crippen LogP contribution in [0.3, 0.4) is 0 Å². The second kappa shape index (κ2) is 12.1. The van der Waals surface area contributed by atoms with Crippen molar-refractivity contribution in [3.8, 4) is 5.75 Å². The maximum Gasteiger partial charge on any atom is 0.338 e. The molecule has 40 heavy (non-hydrogen) atoms. The van der Waals surface area contributed by atoms with Crippen LogP contribution in [0, 0.1) is 0 Å². The first-order valence-electron chi connectivity index (χ1n) is 13.4. The first-order chi connectivity index (χ1) is 19.4. The molecule has 0 bridgehead atoms. The molecule has 0 aromatic heterocycles. The highest BCUT2D eigenvalue weighted by atomic mass is 16.5. The van der Waals surface area contributed by atoms with Gasteiger partial charge in [0.2, 0.25) is 5.91 Å². The van der Waals surface area contributed by atoms with Gasteiger partial charge in [-0.3, -0.25) is 19.3 Å². The molecule has 206 valence electrons. The number of ketones is 1. The highest BCUT2D eigenvalue weighted by Gasteiger charge is 2.43. The summed E-state index contributed by atoms with van der Waals surface area (Å²) in [6, 6.07) is 22.3. The van der Waals surface area contributed by atoms with E-state index in [1.807, 2.05) is 25.1 Å². The normalized spacial score (nSPS) is 17.7. The number of ether oxygens (including phenoxy) is 2. The van der Waals surface area contributed by atoms with Gasteiger partial charge in [0.1, 0.15) is 5.75 Å². The SMILES string of the molecule is CCOc1ccc(C(=O)COC(=O)c2ccc(N3C(=O)CC(N4CCN(c5ccccc5)CC4)C3=O)cc2)cc1. The molecule has 2 aliphatic heterocycles. The Bertz CT molecular complexity index is 1370. The van der Waals surface area contributed by atoms with Crippen LogP contribution in [-0.4, -0.2) is 73.9 Å². The van der Waals surface area contributed by atoms with Crippen molar-refractivity contribution in [3.63, 3.8) is 0 Å². The van der Waals surface area contributed by atoms with Gasteiger partial charge in [0.15, 0.2) is 12.4 Å². The van der Waals surface area contributed by atoms with Gasteiger partial charge in [-0.2, -0.15) is 0 Å². The van der Waals surface area contributed by atoms with Gasteiger partial charge in [0.05, 0.1) is 30.3 Å². The van der Waals surface area contributed by atoms with Gasteiger partial charge in [0, 0.05) is 37.4 Å². The first kappa shape index (κ1) is 27.1. The van der Waals surface area contributed by atoms with E-state index < -0.39 is 18.6 Å². The van der Waals surface area contributed by atoms with Gasteiger partial charge < -0.3 is 14.4 Å². The molecular weight excluding hydrogens is 510 g/mol. The van der Waals surface area contributed by atoms with Crippen LogP contribution in [0.25, 0.3) is 0 Å². The number of nitrogens with zero attached hydrogens (tertiary/aromatic N) is 3. The quantitative estimate of drug-likeness (QED) is 0.231. The second-order valence-electron chi connectivity index (χ2n) is 9.65. The predicted octanol–water partition coefficient (Wildman–Crippen LogP) is 3.58. The Labute approximate surface area is 232 Å². The number of imide groups is 1. The Morgan fingerprint density at radius 2 is 1.45 bits per heavy atom. The lowest BCUT2D eigenvalue weighted by Gasteiger charge is -2.38. The van der Waals surface area contributed by atoms with Gasteiger partial charge in [-0.15, -0.1) is 0 Å². The number of hydrogen-bond acceptors (Lipinski definition) is 8. The van der Waals surface area contributed by atoms with E-state index in [-0.39, 0.29) is 29.6 Å². The number of Topliss-reactive ketones (excluding diaryl/α,β-unsaturated/α-hetero) is 1. The van der Waals surface area contributed by atoms with Gasteiger partial charge in [0.25, 0.3) is 5.91 Å². The van der Waals surface area contributed by atoms with E-state index in [1.54, 1.807) is 36.4 Å². The van der Waals surface area contributed by atoms with Crippen molar-refractivity contribution in [2.75, 3.05) is 49.2 Å². The maximum absolute atomic E-state index is 13.3. The molecule has 0 radical (unpaired) electrons. The summed E-state index contributed by atoms with van der Waals surface area (Å²) in [7, 11) is 0. The molecule has 5 rings (SSSR count). The zero-order chi connectivity index (χ0) is 28.1. The average molecular weight is 542 g/mol. The number of carbonyl (C=O) groups is 4. The Hall–Kier alpha value is -4.50. The van der Waals surface area contributed by atoms with Crippen LogP contribution < -0.4 is 14.5 Å². The molecule has 2 saturated heterocycles. The van der Waals surface area contributed by atoms with Gasteiger partial charge in [-0.25, -0.2) is 9.69 Å². The summed E-state index contributed by atoms with van der Waals surface area (Å²) >= 11 is 0. The fourth-order valence-corrected chi connectivity index (χ4v) is 5.05. The number of carbonyl (C=O) groups excluding carboxylic acids is 4. The summed E-state index contributed by atoms with van der Waals surface area (Å²) in [5.74, 6) is -0.870. The number of anilines is 2. The lowest BCUT2D eigenvalue weighted by atomic mass is 10.1. The van der Waals surface area contributed by atoms with Gasteiger partial charge in [-0.1, -0.05) is 18.2 Å². The van der Waals surface area contributed by atoms with Crippen LogP contribution in [0.15, 0.2) is 78.9 Å². The van der Waals surface area contributed by atoms with Crippen LogP contribution >= 0.6 is 0 Å². The third kappa shape index (κ3) is 5.89. The van der Waals surface area contributed by atoms with E-state index in [2.05, 4.69) is 21.9 Å². The fourth-order valence-electron chi connectivity index (χ4n) is 5.05. The minimum absolute atomic E-state index is 0.127. The van der Waals surface area contributed by atoms with Gasteiger partial charge >= 0.3 is 5.97 Å². The highest BCUT2D eigenvalue weighted by Crippen LogP contribution is 2.27. The van der Waals surface area contributed by atoms with E-state index in [4.69, 9.17) is 9.47 Å². The van der Waals surface area contributed by atoms with Crippen LogP contribution in [-0.2, 0) is 14.3 Å². The van der Waals surface area contributed by atoms with Crippen molar-refractivity contribution in [2.24, 2.45) is 0 Å². The third-order valence-corrected chi connectivity index (χ3v) is 7.18. The predicted molar refractivity (Wildman–Crippen MR) is 150 cm³/mol. The van der Waals surface area contributed by atoms with Gasteiger partial charge in [-0.05, 0) is 67.6 Å². The molecule has 0 saturated carbocycles. The van der Waals surface area contributed by atoms with Crippen LogP contribution in [0.2, 0.25) is 0 Å². The summed E-state index contributed by atoms with van der Waals surface area (Å²) in [4.78, 5) is 56.6. The minimum Gasteiger partial charge on any atom is -0.494 e. The molecule has 0 spiro atoms. The van der Waals surface area contributed by atoms with Crippen molar-refractivity contribution in [2.45, 2.75) is 19.4 Å². The number of para-hydroxylation sites is 1. The van der Waals surface area contributed by atoms with Crippen molar-refractivity contribution in [1.29, 1.82) is 0 Å². The molecule has 2 heterocycles. The lowest BCUT2D eigenvalue weighted by Crippen LogP contribution is -2.52. The smallest absolute Gasteiger partial charge is 0.338 e. The molecule has 0 N–H and O–H groups in total. The lowest BCUT2D eigenvalue weighted by molar-refractivity contribution is -0.123. The molecule has 0 aliphatic carbocycles. The van der Waals surface area contributed by atoms with E-state index in [1.165, 1.54) is 17.0 Å². The molecular formula is C31H31N3O6. The monoisotopic (exact) mass is 541 g/mol. The number of rotatable bonds is 9. The Kier molecular flexibility index (Phi) is 8.21. The first-order valence-corrected chi connectivity index (χ1v) is 13.4. The third-order valence-electron chi connectivity index (χ3n) is 7.18. The number of hydrogen-bond donors (Lipinski definition) is 0. The highest BCUT2D eigenvalue weighted by molar-refractivity contribution is 6.22. The van der Waals surface area contributed by atoms with Crippen molar-refractivity contribution in [3.05, 3.63) is 90.0 Å². The van der Waals surface area contributed by atoms with Crippen molar-refractivity contribution >= 4 is 34.9 Å². The zero-order valence-corrected chi connectivity index (χ0v) is 22.3. The molecule has 2 aliphatic rings. The molecule has 3 aromatic rings. The van der Waals surface area contributed by atoms with E-state index in [0.717, 1.165) is 18.8 Å². The minimum atomic E-state index is -0.668. The van der Waals surface area contributed by atoms with Crippen molar-refractivity contribution < 1.29 is 28.7 Å². The number of benzene rings is 3. The van der Waals surface area contributed by atoms with E-state index in [9.17, 15) is 19.2 Å². The Balaban J connectivity index is 1.15. The molecule has 9 nitrogen and oxygen atoms in total. The topological polar surface area (TPSA) is 96.5 Å². The van der Waals surface area contributed by atoms with E-state index in [0.29, 0.717) is 36.7 Å². The molecule has 2 fully saturated rings. The maximum atomic E-state index is 13.3. The summed E-state index contributed by atoms with van der Waals surface area (Å²) in [6.07, 6.45) is 0.127. The van der Waals surface area contributed by atoms with Crippen LogP contribution in [0.1, 0.15) is 34.1 Å². The second-order valence-corrected chi connectivity index (χ2v) is 9.65. The summed E-state index contributed by atoms with van der Waals surface area (Å²) in [5, 5.41) is 0. The van der Waals surface area contributed by atoms with Crippen LogP contribution in [0.5, 0.6) is 5.75 Å². The molecule has 9 heteroatoms. The number of esters is 1. The molecule has 2 amide bonds. The summed E-state index contributed by atoms with van der Waals surface area (Å²) in [5.41, 5.74) is 2.18. The van der Waals surface area contributed by atoms with Crippen molar-refractivity contribution in [1.82, 2.24) is 4.90 Å². The largest absolute Gasteiger partial charge is 0.494 e. The van der Waals surface area contributed by atoms with E-state index >= 15 is 0 Å². The zero-order valence-electron chi connectivity index (χ0n) is 22.3. The average Bonchev–Trinajstić information content (AvgIpc) is 3.30. The molecule has 1 atom stereocenters. The standard InChI is InChI=1S/C31H31N3O6/c1-2-39-26-14-10-22(11-15-26)28(35)21-40-31(38)23-8-12-25(13-9-23)34-29(36)20-27(30(34)37)33-18-16-32(17-19-33)24-6-4-3-5-7-24/h3-15,27H,2,16-21H2,1H3. The Morgan fingerprint density at radius 3 is 2.10 bits per heavy atom.